The van der Waals surface area contributed by atoms with E-state index in [-0.39, 0.29) is 12.2 Å². The SMILES string of the molecule is O=C(O)CC(CN1CCCCC1)C(=O)c1ccoc1. The molecule has 1 aliphatic rings. The predicted molar refractivity (Wildman–Crippen MR) is 69.1 cm³/mol. The van der Waals surface area contributed by atoms with Gasteiger partial charge in [-0.05, 0) is 32.0 Å². The standard InChI is InChI=1S/C14H19NO4/c16-13(17)8-12(9-15-5-2-1-3-6-15)14(18)11-4-7-19-10-11/h4,7,10,12H,1-3,5-6,8-9H2,(H,16,17). The van der Waals surface area contributed by atoms with Crippen molar-refractivity contribution in [2.75, 3.05) is 19.6 Å². The van der Waals surface area contributed by atoms with Crippen LogP contribution in [-0.4, -0.2) is 41.4 Å². The molecule has 1 N–H and O–H groups in total. The Hall–Kier alpha value is -1.62. The number of carboxylic acids is 1. The minimum atomic E-state index is -0.932. The molecule has 0 saturated carbocycles. The van der Waals surface area contributed by atoms with Gasteiger partial charge in [-0.1, -0.05) is 6.42 Å². The van der Waals surface area contributed by atoms with Crippen molar-refractivity contribution in [1.29, 1.82) is 0 Å². The highest BCUT2D eigenvalue weighted by molar-refractivity contribution is 5.99. The predicted octanol–water partition coefficient (Wildman–Crippen LogP) is 2.04. The molecule has 1 atom stereocenters. The van der Waals surface area contributed by atoms with Gasteiger partial charge in [0.05, 0.1) is 18.2 Å². The first-order chi connectivity index (χ1) is 9.16. The summed E-state index contributed by atoms with van der Waals surface area (Å²) in [5.41, 5.74) is 0.461. The van der Waals surface area contributed by atoms with Gasteiger partial charge in [-0.15, -0.1) is 0 Å². The number of furan rings is 1. The van der Waals surface area contributed by atoms with Gasteiger partial charge in [-0.25, -0.2) is 0 Å². The van der Waals surface area contributed by atoms with Gasteiger partial charge in [0.25, 0.3) is 0 Å². The van der Waals surface area contributed by atoms with E-state index >= 15 is 0 Å². The molecule has 0 radical (unpaired) electrons. The van der Waals surface area contributed by atoms with E-state index in [0.717, 1.165) is 25.9 Å². The van der Waals surface area contributed by atoms with Crippen molar-refractivity contribution in [3.8, 4) is 0 Å². The Labute approximate surface area is 112 Å². The fourth-order valence-corrected chi connectivity index (χ4v) is 2.54. The van der Waals surface area contributed by atoms with Crippen LogP contribution >= 0.6 is 0 Å². The Bertz CT molecular complexity index is 421. The molecule has 0 aliphatic carbocycles. The van der Waals surface area contributed by atoms with Crippen LogP contribution in [0.3, 0.4) is 0 Å². The lowest BCUT2D eigenvalue weighted by Gasteiger charge is -2.29. The highest BCUT2D eigenvalue weighted by atomic mass is 16.4. The second-order valence-electron chi connectivity index (χ2n) is 5.03. The molecule has 104 valence electrons. The molecule has 1 saturated heterocycles. The number of carbonyl (C=O) groups is 2. The topological polar surface area (TPSA) is 70.8 Å². The normalized spacial score (nSPS) is 18.1. The third-order valence-electron chi connectivity index (χ3n) is 3.52. The molecule has 1 aliphatic heterocycles. The number of likely N-dealkylation sites (tertiary alicyclic amines) is 1. The lowest BCUT2D eigenvalue weighted by atomic mass is 9.94. The third-order valence-corrected chi connectivity index (χ3v) is 3.52. The molecule has 1 aromatic rings. The first-order valence-electron chi connectivity index (χ1n) is 6.67. The van der Waals surface area contributed by atoms with Crippen LogP contribution in [0, 0.1) is 5.92 Å². The Morgan fingerprint density at radius 1 is 1.32 bits per heavy atom. The van der Waals surface area contributed by atoms with E-state index in [4.69, 9.17) is 9.52 Å². The van der Waals surface area contributed by atoms with Crippen LogP contribution < -0.4 is 0 Å². The van der Waals surface area contributed by atoms with Gasteiger partial charge < -0.3 is 14.4 Å². The zero-order valence-electron chi connectivity index (χ0n) is 10.9. The molecule has 2 heterocycles. The first kappa shape index (κ1) is 13.8. The number of ketones is 1. The van der Waals surface area contributed by atoms with Crippen LogP contribution in [0.5, 0.6) is 0 Å². The number of piperidine rings is 1. The number of carbonyl (C=O) groups excluding carboxylic acids is 1. The van der Waals surface area contributed by atoms with Gasteiger partial charge >= 0.3 is 5.97 Å². The molecular weight excluding hydrogens is 246 g/mol. The molecule has 5 heteroatoms. The van der Waals surface area contributed by atoms with E-state index in [1.54, 1.807) is 6.07 Å². The monoisotopic (exact) mass is 265 g/mol. The quantitative estimate of drug-likeness (QED) is 0.797. The number of nitrogens with zero attached hydrogens (tertiary/aromatic N) is 1. The summed E-state index contributed by atoms with van der Waals surface area (Å²) in [5, 5.41) is 8.97. The maximum Gasteiger partial charge on any atom is 0.304 e. The maximum absolute atomic E-state index is 12.3. The summed E-state index contributed by atoms with van der Waals surface area (Å²) in [6.45, 7) is 2.43. The van der Waals surface area contributed by atoms with E-state index in [0.29, 0.717) is 12.1 Å². The van der Waals surface area contributed by atoms with Gasteiger partial charge in [0, 0.05) is 12.5 Å². The molecule has 2 rings (SSSR count). The Morgan fingerprint density at radius 3 is 2.63 bits per heavy atom. The minimum absolute atomic E-state index is 0.124. The second kappa shape index (κ2) is 6.52. The average molecular weight is 265 g/mol. The zero-order chi connectivity index (χ0) is 13.7. The average Bonchev–Trinajstić information content (AvgIpc) is 2.91. The van der Waals surface area contributed by atoms with Gasteiger partial charge in [0.1, 0.15) is 6.26 Å². The number of carboxylic acid groups (broad SMARTS) is 1. The second-order valence-corrected chi connectivity index (χ2v) is 5.03. The van der Waals surface area contributed by atoms with Crippen LogP contribution in [0.1, 0.15) is 36.0 Å². The van der Waals surface area contributed by atoms with Crippen molar-refractivity contribution in [1.82, 2.24) is 4.90 Å². The molecule has 1 unspecified atom stereocenters. The van der Waals surface area contributed by atoms with Gasteiger partial charge in [0.15, 0.2) is 5.78 Å². The van der Waals surface area contributed by atoms with E-state index in [1.165, 1.54) is 18.9 Å². The number of hydrogen-bond donors (Lipinski definition) is 1. The Kier molecular flexibility index (Phi) is 4.74. The molecule has 5 nitrogen and oxygen atoms in total. The fourth-order valence-electron chi connectivity index (χ4n) is 2.54. The van der Waals surface area contributed by atoms with Crippen molar-refractivity contribution in [2.45, 2.75) is 25.7 Å². The van der Waals surface area contributed by atoms with Crippen molar-refractivity contribution >= 4 is 11.8 Å². The smallest absolute Gasteiger partial charge is 0.304 e. The van der Waals surface area contributed by atoms with Crippen LogP contribution in [0.25, 0.3) is 0 Å². The molecule has 0 aromatic carbocycles. The molecule has 1 aromatic heterocycles. The van der Waals surface area contributed by atoms with Crippen molar-refractivity contribution in [3.63, 3.8) is 0 Å². The molecular formula is C14H19NO4. The molecule has 0 bridgehead atoms. The summed E-state index contributed by atoms with van der Waals surface area (Å²) >= 11 is 0. The Morgan fingerprint density at radius 2 is 2.05 bits per heavy atom. The summed E-state index contributed by atoms with van der Waals surface area (Å²) in [6.07, 6.45) is 6.16. The molecule has 0 spiro atoms. The largest absolute Gasteiger partial charge is 0.481 e. The number of Topliss-reactive ketones (excluding diaryl/α,β-unsaturated/α-hetero) is 1. The van der Waals surface area contributed by atoms with Crippen molar-refractivity contribution in [3.05, 3.63) is 24.2 Å². The molecule has 0 amide bonds. The summed E-state index contributed by atoms with van der Waals surface area (Å²) < 4.78 is 4.90. The van der Waals surface area contributed by atoms with Crippen LogP contribution in [0.15, 0.2) is 23.0 Å². The van der Waals surface area contributed by atoms with Gasteiger partial charge in [-0.3, -0.25) is 9.59 Å². The zero-order valence-corrected chi connectivity index (χ0v) is 10.9. The van der Waals surface area contributed by atoms with E-state index in [1.807, 2.05) is 0 Å². The number of aliphatic carboxylic acids is 1. The molecule has 19 heavy (non-hydrogen) atoms. The lowest BCUT2D eigenvalue weighted by Crippen LogP contribution is -2.37. The molecule has 1 fully saturated rings. The highest BCUT2D eigenvalue weighted by Gasteiger charge is 2.26. The van der Waals surface area contributed by atoms with E-state index in [2.05, 4.69) is 4.90 Å². The highest BCUT2D eigenvalue weighted by Crippen LogP contribution is 2.18. The van der Waals surface area contributed by atoms with Gasteiger partial charge in [0.2, 0.25) is 0 Å². The van der Waals surface area contributed by atoms with E-state index in [9.17, 15) is 9.59 Å². The number of rotatable bonds is 6. The van der Waals surface area contributed by atoms with Crippen LogP contribution in [-0.2, 0) is 4.79 Å². The third kappa shape index (κ3) is 3.92. The van der Waals surface area contributed by atoms with Crippen molar-refractivity contribution < 1.29 is 19.1 Å². The summed E-state index contributed by atoms with van der Waals surface area (Å²) in [7, 11) is 0. The maximum atomic E-state index is 12.3. The Balaban J connectivity index is 2.02. The summed E-state index contributed by atoms with van der Waals surface area (Å²) in [5.74, 6) is -1.56. The summed E-state index contributed by atoms with van der Waals surface area (Å²) in [6, 6.07) is 1.59. The fraction of sp³-hybridized carbons (Fsp3) is 0.571. The summed E-state index contributed by atoms with van der Waals surface area (Å²) in [4.78, 5) is 25.4. The number of hydrogen-bond acceptors (Lipinski definition) is 4. The first-order valence-corrected chi connectivity index (χ1v) is 6.67. The van der Waals surface area contributed by atoms with Crippen molar-refractivity contribution in [2.24, 2.45) is 5.92 Å². The minimum Gasteiger partial charge on any atom is -0.481 e. The van der Waals surface area contributed by atoms with Crippen LogP contribution in [0.4, 0.5) is 0 Å². The van der Waals surface area contributed by atoms with E-state index < -0.39 is 11.9 Å². The van der Waals surface area contributed by atoms with Crippen LogP contribution in [0.2, 0.25) is 0 Å². The van der Waals surface area contributed by atoms with Gasteiger partial charge in [-0.2, -0.15) is 0 Å². The lowest BCUT2D eigenvalue weighted by molar-refractivity contribution is -0.137.